The number of nitro benzene ring substituents is 1. The number of carbonyl (C=O) groups is 1. The molecule has 2 N–H and O–H groups in total. The summed E-state index contributed by atoms with van der Waals surface area (Å²) in [6.07, 6.45) is 0. The molecule has 0 aliphatic carbocycles. The Hall–Kier alpha value is -2.11. The number of ether oxygens (including phenoxy) is 1. The Morgan fingerprint density at radius 2 is 2.18 bits per heavy atom. The normalized spacial score (nSPS) is 10.9. The average molecular weight is 238 g/mol. The van der Waals surface area contributed by atoms with E-state index in [9.17, 15) is 14.9 Å². The van der Waals surface area contributed by atoms with E-state index >= 15 is 0 Å². The van der Waals surface area contributed by atoms with Gasteiger partial charge < -0.3 is 10.5 Å². The number of rotatable bonds is 5. The molecule has 0 aliphatic heterocycles. The molecule has 0 fully saturated rings. The number of nitrogens with two attached hydrogens (primary N) is 1. The van der Waals surface area contributed by atoms with Gasteiger partial charge in [-0.3, -0.25) is 14.9 Å². The third kappa shape index (κ3) is 3.44. The van der Waals surface area contributed by atoms with Crippen molar-refractivity contribution < 1.29 is 14.5 Å². The van der Waals surface area contributed by atoms with Gasteiger partial charge in [-0.05, 0) is 19.9 Å². The van der Waals surface area contributed by atoms with Crippen LogP contribution in [-0.2, 0) is 4.79 Å². The van der Waals surface area contributed by atoms with Gasteiger partial charge in [-0.15, -0.1) is 0 Å². The minimum atomic E-state index is -0.815. The molecule has 0 atom stereocenters. The van der Waals surface area contributed by atoms with Crippen LogP contribution in [0.1, 0.15) is 13.8 Å². The van der Waals surface area contributed by atoms with E-state index in [4.69, 9.17) is 10.5 Å². The number of primary amides is 1. The molecule has 92 valence electrons. The van der Waals surface area contributed by atoms with Gasteiger partial charge in [0.1, 0.15) is 12.4 Å². The topological polar surface area (TPSA) is 95.5 Å². The summed E-state index contributed by atoms with van der Waals surface area (Å²) in [4.78, 5) is 21.1. The standard InChI is InChI=1S/C11H14N2O4/c1-11(2,10(12)14)7-17-9-5-3-4-8(6-9)13(15)16/h3-6H,7H2,1-2H3,(H2,12,14). The van der Waals surface area contributed by atoms with Crippen LogP contribution in [0.2, 0.25) is 0 Å². The fourth-order valence-electron chi connectivity index (χ4n) is 1.02. The lowest BCUT2D eigenvalue weighted by molar-refractivity contribution is -0.384. The molecule has 1 aromatic carbocycles. The molecule has 0 saturated heterocycles. The highest BCUT2D eigenvalue weighted by Gasteiger charge is 2.26. The first-order valence-electron chi connectivity index (χ1n) is 5.00. The monoisotopic (exact) mass is 238 g/mol. The Labute approximate surface area is 98.5 Å². The Bertz CT molecular complexity index is 443. The van der Waals surface area contributed by atoms with Gasteiger partial charge in [-0.1, -0.05) is 6.07 Å². The third-order valence-corrected chi connectivity index (χ3v) is 2.30. The van der Waals surface area contributed by atoms with Gasteiger partial charge in [0.25, 0.3) is 5.69 Å². The first-order valence-corrected chi connectivity index (χ1v) is 5.00. The second-order valence-corrected chi connectivity index (χ2v) is 4.29. The maximum Gasteiger partial charge on any atom is 0.273 e. The van der Waals surface area contributed by atoms with Gasteiger partial charge >= 0.3 is 0 Å². The zero-order valence-corrected chi connectivity index (χ0v) is 9.67. The van der Waals surface area contributed by atoms with Crippen LogP contribution >= 0.6 is 0 Å². The summed E-state index contributed by atoms with van der Waals surface area (Å²) in [6.45, 7) is 3.36. The van der Waals surface area contributed by atoms with Crippen LogP contribution in [0.25, 0.3) is 0 Å². The predicted octanol–water partition coefficient (Wildman–Crippen LogP) is 1.49. The van der Waals surface area contributed by atoms with Crippen LogP contribution in [0.15, 0.2) is 24.3 Å². The van der Waals surface area contributed by atoms with Crippen LogP contribution in [0.3, 0.4) is 0 Å². The van der Waals surface area contributed by atoms with Crippen molar-refractivity contribution in [1.82, 2.24) is 0 Å². The zero-order valence-electron chi connectivity index (χ0n) is 9.67. The van der Waals surface area contributed by atoms with Crippen molar-refractivity contribution in [3.05, 3.63) is 34.4 Å². The van der Waals surface area contributed by atoms with E-state index in [1.165, 1.54) is 18.2 Å². The first kappa shape index (κ1) is 13.0. The zero-order chi connectivity index (χ0) is 13.1. The van der Waals surface area contributed by atoms with Crippen LogP contribution in [0, 0.1) is 15.5 Å². The molecule has 1 rings (SSSR count). The van der Waals surface area contributed by atoms with E-state index in [2.05, 4.69) is 0 Å². The summed E-state index contributed by atoms with van der Waals surface area (Å²) in [5.41, 5.74) is 4.31. The van der Waals surface area contributed by atoms with Gasteiger partial charge in [0.15, 0.2) is 0 Å². The largest absolute Gasteiger partial charge is 0.492 e. The van der Waals surface area contributed by atoms with Crippen molar-refractivity contribution in [2.45, 2.75) is 13.8 Å². The van der Waals surface area contributed by atoms with E-state index in [-0.39, 0.29) is 12.3 Å². The molecule has 1 amide bonds. The van der Waals surface area contributed by atoms with E-state index in [0.717, 1.165) is 0 Å². The third-order valence-electron chi connectivity index (χ3n) is 2.30. The molecule has 0 unspecified atom stereocenters. The summed E-state index contributed by atoms with van der Waals surface area (Å²) in [5.74, 6) is -0.142. The Kier molecular flexibility index (Phi) is 3.67. The van der Waals surface area contributed by atoms with Crippen molar-refractivity contribution in [2.24, 2.45) is 11.1 Å². The predicted molar refractivity (Wildman–Crippen MR) is 61.6 cm³/mol. The lowest BCUT2D eigenvalue weighted by Crippen LogP contribution is -2.36. The fourth-order valence-corrected chi connectivity index (χ4v) is 1.02. The summed E-state index contributed by atoms with van der Waals surface area (Å²) in [5, 5.41) is 10.5. The SMILES string of the molecule is CC(C)(COc1cccc([N+](=O)[O-])c1)C(N)=O. The number of hydrogen-bond acceptors (Lipinski definition) is 4. The lowest BCUT2D eigenvalue weighted by Gasteiger charge is -2.20. The van der Waals surface area contributed by atoms with Gasteiger partial charge in [-0.2, -0.15) is 0 Å². The summed E-state index contributed by atoms with van der Waals surface area (Å²) < 4.78 is 5.32. The second kappa shape index (κ2) is 4.82. The number of hydrogen-bond donors (Lipinski definition) is 1. The second-order valence-electron chi connectivity index (χ2n) is 4.29. The van der Waals surface area contributed by atoms with Crippen molar-refractivity contribution in [3.63, 3.8) is 0 Å². The van der Waals surface area contributed by atoms with Crippen molar-refractivity contribution in [3.8, 4) is 5.75 Å². The van der Waals surface area contributed by atoms with Crippen molar-refractivity contribution in [1.29, 1.82) is 0 Å². The fraction of sp³-hybridized carbons (Fsp3) is 0.364. The Morgan fingerprint density at radius 3 is 2.71 bits per heavy atom. The summed E-state index contributed by atoms with van der Waals surface area (Å²) >= 11 is 0. The number of nitrogens with zero attached hydrogens (tertiary/aromatic N) is 1. The number of benzene rings is 1. The molecule has 0 aromatic heterocycles. The van der Waals surface area contributed by atoms with Crippen LogP contribution < -0.4 is 10.5 Å². The Morgan fingerprint density at radius 1 is 1.53 bits per heavy atom. The van der Waals surface area contributed by atoms with E-state index in [1.54, 1.807) is 19.9 Å². The molecule has 0 saturated carbocycles. The molecule has 0 aliphatic rings. The molecular formula is C11H14N2O4. The van der Waals surface area contributed by atoms with Crippen LogP contribution in [-0.4, -0.2) is 17.4 Å². The molecule has 1 aromatic rings. The number of amides is 1. The van der Waals surface area contributed by atoms with Crippen molar-refractivity contribution in [2.75, 3.05) is 6.61 Å². The molecule has 17 heavy (non-hydrogen) atoms. The highest BCUT2D eigenvalue weighted by atomic mass is 16.6. The molecule has 0 radical (unpaired) electrons. The van der Waals surface area contributed by atoms with E-state index < -0.39 is 16.2 Å². The number of non-ortho nitro benzene ring substituents is 1. The number of nitro groups is 1. The molecular weight excluding hydrogens is 224 g/mol. The van der Waals surface area contributed by atoms with Crippen LogP contribution in [0.4, 0.5) is 5.69 Å². The van der Waals surface area contributed by atoms with Gasteiger partial charge in [0.05, 0.1) is 16.4 Å². The quantitative estimate of drug-likeness (QED) is 0.620. The maximum absolute atomic E-state index is 11.1. The minimum Gasteiger partial charge on any atom is -0.492 e. The smallest absolute Gasteiger partial charge is 0.273 e. The summed E-state index contributed by atoms with van der Waals surface area (Å²) in [7, 11) is 0. The van der Waals surface area contributed by atoms with E-state index in [0.29, 0.717) is 5.75 Å². The highest BCUT2D eigenvalue weighted by molar-refractivity contribution is 5.80. The lowest BCUT2D eigenvalue weighted by atomic mass is 9.94. The molecule has 6 nitrogen and oxygen atoms in total. The van der Waals surface area contributed by atoms with E-state index in [1.807, 2.05) is 0 Å². The average Bonchev–Trinajstić information content (AvgIpc) is 2.26. The highest BCUT2D eigenvalue weighted by Crippen LogP contribution is 2.22. The Balaban J connectivity index is 2.73. The molecule has 0 bridgehead atoms. The number of carbonyl (C=O) groups excluding carboxylic acids is 1. The minimum absolute atomic E-state index is 0.0561. The van der Waals surface area contributed by atoms with Crippen molar-refractivity contribution >= 4 is 11.6 Å². The van der Waals surface area contributed by atoms with Gasteiger partial charge in [0.2, 0.25) is 5.91 Å². The molecule has 0 heterocycles. The maximum atomic E-state index is 11.1. The van der Waals surface area contributed by atoms with Gasteiger partial charge in [-0.25, -0.2) is 0 Å². The van der Waals surface area contributed by atoms with Crippen LogP contribution in [0.5, 0.6) is 5.75 Å². The summed E-state index contributed by atoms with van der Waals surface area (Å²) in [6, 6.07) is 5.78. The molecule has 6 heteroatoms. The first-order chi connectivity index (χ1) is 7.83. The molecule has 0 spiro atoms. The van der Waals surface area contributed by atoms with Gasteiger partial charge in [0, 0.05) is 6.07 Å².